The van der Waals surface area contributed by atoms with E-state index in [1.54, 1.807) is 17.8 Å². The summed E-state index contributed by atoms with van der Waals surface area (Å²) in [4.78, 5) is 14.6. The smallest absolute Gasteiger partial charge is 0.248 e. The molecule has 0 atom stereocenters. The number of hydrogen-bond donors (Lipinski definition) is 1. The van der Waals surface area contributed by atoms with Crippen LogP contribution in [0.1, 0.15) is 24.1 Å². The van der Waals surface area contributed by atoms with Crippen molar-refractivity contribution >= 4 is 35.0 Å². The van der Waals surface area contributed by atoms with Crippen molar-refractivity contribution in [2.75, 3.05) is 23.3 Å². The third-order valence-electron chi connectivity index (χ3n) is 4.21. The second kappa shape index (κ2) is 7.09. The number of aromatic nitrogens is 2. The normalized spacial score (nSPS) is 14.5. The minimum Gasteiger partial charge on any atom is -0.370 e. The van der Waals surface area contributed by atoms with Crippen molar-refractivity contribution in [3.63, 3.8) is 0 Å². The molecule has 24 heavy (non-hydrogen) atoms. The number of rotatable bonds is 4. The molecule has 1 aliphatic rings. The van der Waals surface area contributed by atoms with Crippen molar-refractivity contribution in [1.29, 1.82) is 0 Å². The van der Waals surface area contributed by atoms with E-state index in [1.807, 2.05) is 31.2 Å². The Hall–Kier alpha value is -2.27. The van der Waals surface area contributed by atoms with Gasteiger partial charge in [-0.05, 0) is 38.0 Å². The minimum absolute atomic E-state index is 0.180. The largest absolute Gasteiger partial charge is 0.370 e. The fraction of sp³-hybridized carbons (Fsp3) is 0.333. The van der Waals surface area contributed by atoms with Crippen LogP contribution in [-0.2, 0) is 11.8 Å². The first-order valence-electron chi connectivity index (χ1n) is 8.08. The van der Waals surface area contributed by atoms with Crippen LogP contribution in [0.3, 0.4) is 0 Å². The highest BCUT2D eigenvalue weighted by Gasteiger charge is 2.16. The number of anilines is 2. The van der Waals surface area contributed by atoms with Crippen LogP contribution in [0.15, 0.2) is 30.3 Å². The van der Waals surface area contributed by atoms with Crippen molar-refractivity contribution in [3.8, 4) is 0 Å². The highest BCUT2D eigenvalue weighted by molar-refractivity contribution is 6.31. The second-order valence-electron chi connectivity index (χ2n) is 5.95. The van der Waals surface area contributed by atoms with Crippen LogP contribution in [0.2, 0.25) is 5.15 Å². The molecule has 0 radical (unpaired) electrons. The molecule has 0 spiro atoms. The maximum absolute atomic E-state index is 12.3. The average Bonchev–Trinajstić information content (AvgIpc) is 3.16. The Balaban J connectivity index is 1.74. The molecule has 2 aromatic rings. The summed E-state index contributed by atoms with van der Waals surface area (Å²) < 4.78 is 1.59. The zero-order chi connectivity index (χ0) is 17.1. The molecule has 6 heteroatoms. The Bertz CT molecular complexity index is 775. The first-order chi connectivity index (χ1) is 11.6. The van der Waals surface area contributed by atoms with Gasteiger partial charge in [-0.1, -0.05) is 23.7 Å². The van der Waals surface area contributed by atoms with Crippen LogP contribution in [0, 0.1) is 6.92 Å². The fourth-order valence-electron chi connectivity index (χ4n) is 2.98. The molecule has 5 nitrogen and oxygen atoms in total. The molecule has 1 aromatic heterocycles. The number of benzene rings is 1. The van der Waals surface area contributed by atoms with Gasteiger partial charge in [0.05, 0.1) is 17.1 Å². The summed E-state index contributed by atoms with van der Waals surface area (Å²) in [6.07, 6.45) is 5.59. The number of carbonyl (C=O) groups excluding carboxylic acids is 1. The number of nitrogens with one attached hydrogen (secondary N) is 1. The van der Waals surface area contributed by atoms with Crippen molar-refractivity contribution in [1.82, 2.24) is 9.78 Å². The summed E-state index contributed by atoms with van der Waals surface area (Å²) in [6, 6.07) is 7.91. The monoisotopic (exact) mass is 344 g/mol. The van der Waals surface area contributed by atoms with Crippen molar-refractivity contribution in [3.05, 3.63) is 46.8 Å². The van der Waals surface area contributed by atoms with Crippen LogP contribution in [0.5, 0.6) is 0 Å². The standard InChI is InChI=1S/C18H21ClN4O/c1-13-14(18(19)22(2)21-13)9-10-17(24)20-15-7-3-4-8-16(15)23-11-5-6-12-23/h3-4,7-10H,5-6,11-12H2,1-2H3,(H,20,24)/b10-9+. The molecule has 2 heterocycles. The summed E-state index contributed by atoms with van der Waals surface area (Å²) in [5.41, 5.74) is 3.47. The van der Waals surface area contributed by atoms with E-state index in [0.29, 0.717) is 5.15 Å². The number of amides is 1. The van der Waals surface area contributed by atoms with Gasteiger partial charge in [0, 0.05) is 31.8 Å². The number of carbonyl (C=O) groups is 1. The van der Waals surface area contributed by atoms with Crippen molar-refractivity contribution in [2.45, 2.75) is 19.8 Å². The summed E-state index contributed by atoms with van der Waals surface area (Å²) in [5.74, 6) is -0.180. The van der Waals surface area contributed by atoms with Crippen molar-refractivity contribution in [2.24, 2.45) is 7.05 Å². The molecule has 0 saturated carbocycles. The quantitative estimate of drug-likeness (QED) is 0.861. The summed E-state index contributed by atoms with van der Waals surface area (Å²) in [6.45, 7) is 3.94. The third-order valence-corrected chi connectivity index (χ3v) is 4.65. The summed E-state index contributed by atoms with van der Waals surface area (Å²) in [7, 11) is 1.78. The molecule has 1 saturated heterocycles. The summed E-state index contributed by atoms with van der Waals surface area (Å²) in [5, 5.41) is 7.72. The number of para-hydroxylation sites is 2. The van der Waals surface area contributed by atoms with Crippen LogP contribution in [0.25, 0.3) is 6.08 Å². The third kappa shape index (κ3) is 3.46. The van der Waals surface area contributed by atoms with Gasteiger partial charge in [-0.3, -0.25) is 9.48 Å². The lowest BCUT2D eigenvalue weighted by Crippen LogP contribution is -2.20. The first kappa shape index (κ1) is 16.6. The predicted octanol–water partition coefficient (Wildman–Crippen LogP) is 3.63. The number of aryl methyl sites for hydroxylation is 2. The molecule has 3 rings (SSSR count). The van der Waals surface area contributed by atoms with Gasteiger partial charge >= 0.3 is 0 Å². The Labute approximate surface area is 146 Å². The topological polar surface area (TPSA) is 50.2 Å². The SMILES string of the molecule is Cc1nn(C)c(Cl)c1/C=C/C(=O)Nc1ccccc1N1CCCC1. The lowest BCUT2D eigenvalue weighted by Gasteiger charge is -2.21. The molecule has 1 aliphatic heterocycles. The van der Waals surface area contributed by atoms with E-state index in [0.717, 1.165) is 35.7 Å². The maximum atomic E-state index is 12.3. The number of halogens is 1. The van der Waals surface area contributed by atoms with Crippen LogP contribution in [0.4, 0.5) is 11.4 Å². The molecule has 1 fully saturated rings. The van der Waals surface area contributed by atoms with Gasteiger partial charge in [-0.15, -0.1) is 0 Å². The predicted molar refractivity (Wildman–Crippen MR) is 98.5 cm³/mol. The molecular formula is C18H21ClN4O. The van der Waals surface area contributed by atoms with Crippen molar-refractivity contribution < 1.29 is 4.79 Å². The Kier molecular flexibility index (Phi) is 4.90. The van der Waals surface area contributed by atoms with E-state index < -0.39 is 0 Å². The minimum atomic E-state index is -0.180. The highest BCUT2D eigenvalue weighted by atomic mass is 35.5. The molecule has 1 aromatic carbocycles. The van der Waals surface area contributed by atoms with Gasteiger partial charge in [0.1, 0.15) is 5.15 Å². The number of nitrogens with zero attached hydrogens (tertiary/aromatic N) is 3. The van der Waals surface area contributed by atoms with Gasteiger partial charge in [0.25, 0.3) is 0 Å². The lowest BCUT2D eigenvalue weighted by atomic mass is 10.2. The zero-order valence-corrected chi connectivity index (χ0v) is 14.7. The van der Waals surface area contributed by atoms with E-state index in [4.69, 9.17) is 11.6 Å². The zero-order valence-electron chi connectivity index (χ0n) is 13.9. The van der Waals surface area contributed by atoms with Gasteiger partial charge in [-0.2, -0.15) is 5.10 Å². The van der Waals surface area contributed by atoms with Gasteiger partial charge in [0.2, 0.25) is 5.91 Å². The summed E-state index contributed by atoms with van der Waals surface area (Å²) >= 11 is 6.18. The van der Waals surface area contributed by atoms with E-state index >= 15 is 0 Å². The highest BCUT2D eigenvalue weighted by Crippen LogP contribution is 2.28. The van der Waals surface area contributed by atoms with Gasteiger partial charge in [-0.25, -0.2) is 0 Å². The maximum Gasteiger partial charge on any atom is 0.248 e. The van der Waals surface area contributed by atoms with E-state index in [9.17, 15) is 4.79 Å². The molecule has 126 valence electrons. The molecule has 1 amide bonds. The van der Waals surface area contributed by atoms with Gasteiger partial charge in [0.15, 0.2) is 0 Å². The lowest BCUT2D eigenvalue weighted by molar-refractivity contribution is -0.111. The Morgan fingerprint density at radius 1 is 1.29 bits per heavy atom. The van der Waals surface area contributed by atoms with E-state index in [1.165, 1.54) is 18.9 Å². The molecular weight excluding hydrogens is 324 g/mol. The molecule has 0 unspecified atom stereocenters. The van der Waals surface area contributed by atoms with Crippen LogP contribution in [-0.4, -0.2) is 28.8 Å². The first-order valence-corrected chi connectivity index (χ1v) is 8.46. The van der Waals surface area contributed by atoms with Crippen LogP contribution < -0.4 is 10.2 Å². The Morgan fingerprint density at radius 3 is 2.67 bits per heavy atom. The number of hydrogen-bond acceptors (Lipinski definition) is 3. The van der Waals surface area contributed by atoms with E-state index in [-0.39, 0.29) is 5.91 Å². The molecule has 0 aliphatic carbocycles. The van der Waals surface area contributed by atoms with E-state index in [2.05, 4.69) is 15.3 Å². The molecule has 1 N–H and O–H groups in total. The second-order valence-corrected chi connectivity index (χ2v) is 6.31. The average molecular weight is 345 g/mol. The van der Waals surface area contributed by atoms with Crippen LogP contribution >= 0.6 is 11.6 Å². The fourth-order valence-corrected chi connectivity index (χ4v) is 3.22. The molecule has 0 bridgehead atoms. The Morgan fingerprint density at radius 2 is 2.00 bits per heavy atom. The van der Waals surface area contributed by atoms with Gasteiger partial charge < -0.3 is 10.2 Å².